The molecule has 0 amide bonds. The van der Waals surface area contributed by atoms with E-state index >= 15 is 0 Å². The molecule has 0 aliphatic rings. The summed E-state index contributed by atoms with van der Waals surface area (Å²) in [5.74, 6) is 0.562. The van der Waals surface area contributed by atoms with Crippen LogP contribution in [-0.2, 0) is 6.73 Å². The van der Waals surface area contributed by atoms with Gasteiger partial charge in [-0.2, -0.15) is 0 Å². The Balaban J connectivity index is 2.10. The van der Waals surface area contributed by atoms with Crippen molar-refractivity contribution in [3.05, 3.63) is 65.4 Å². The van der Waals surface area contributed by atoms with Crippen LogP contribution in [0.4, 0.5) is 11.6 Å². The molecule has 1 aromatic heterocycles. The summed E-state index contributed by atoms with van der Waals surface area (Å²) in [6.45, 7) is -0.262. The van der Waals surface area contributed by atoms with E-state index in [9.17, 15) is 5.11 Å². The van der Waals surface area contributed by atoms with E-state index in [1.807, 2.05) is 60.7 Å². The first kappa shape index (κ1) is 13.5. The molecule has 21 heavy (non-hydrogen) atoms. The lowest BCUT2D eigenvalue weighted by Crippen LogP contribution is -2.01. The fourth-order valence-electron chi connectivity index (χ4n) is 2.04. The van der Waals surface area contributed by atoms with Gasteiger partial charge in [0.1, 0.15) is 6.73 Å². The highest BCUT2D eigenvalue weighted by Crippen LogP contribution is 2.20. The fraction of sp³-hybridized carbons (Fsp3) is 0.0667. The minimum atomic E-state index is -0.262. The smallest absolute Gasteiger partial charge is 0.232 e. The van der Waals surface area contributed by atoms with Crippen molar-refractivity contribution in [1.29, 1.82) is 0 Å². The van der Waals surface area contributed by atoms with Crippen LogP contribution in [0.5, 0.6) is 0 Å². The predicted octanol–water partition coefficient (Wildman–Crippen LogP) is 3.10. The highest BCUT2D eigenvalue weighted by molar-refractivity contribution is 7.71. The molecule has 5 nitrogen and oxygen atoms in total. The number of para-hydroxylation sites is 2. The number of aliphatic hydroxyl groups excluding tert-OH is 1. The maximum absolute atomic E-state index is 9.36. The van der Waals surface area contributed by atoms with Gasteiger partial charge in [-0.15, -0.1) is 5.10 Å². The number of hydrogen-bond acceptors (Lipinski definition) is 4. The zero-order valence-electron chi connectivity index (χ0n) is 11.2. The molecule has 0 unspecified atom stereocenters. The van der Waals surface area contributed by atoms with Gasteiger partial charge >= 0.3 is 0 Å². The summed E-state index contributed by atoms with van der Waals surface area (Å²) >= 11 is 5.37. The standard InChI is InChI=1S/C15H14N4OS/c20-11-18-15(21)19(13-9-5-2-6-10-13)14(17-18)16-12-7-3-1-4-8-12/h1-10,20H,11H2,(H,16,17). The first-order valence-electron chi connectivity index (χ1n) is 6.48. The summed E-state index contributed by atoms with van der Waals surface area (Å²) < 4.78 is 3.59. The van der Waals surface area contributed by atoms with Crippen LogP contribution in [0.1, 0.15) is 0 Å². The summed E-state index contributed by atoms with van der Waals surface area (Å²) in [4.78, 5) is 0. The van der Waals surface area contributed by atoms with Crippen molar-refractivity contribution in [1.82, 2.24) is 14.3 Å². The molecule has 3 rings (SSSR count). The van der Waals surface area contributed by atoms with Gasteiger partial charge in [-0.05, 0) is 36.5 Å². The molecule has 2 N–H and O–H groups in total. The number of nitrogens with one attached hydrogen (secondary N) is 1. The Bertz CT molecular complexity index is 780. The zero-order valence-corrected chi connectivity index (χ0v) is 12.0. The van der Waals surface area contributed by atoms with Gasteiger partial charge in [0.25, 0.3) is 0 Å². The molecular weight excluding hydrogens is 284 g/mol. The molecule has 0 radical (unpaired) electrons. The van der Waals surface area contributed by atoms with Crippen molar-refractivity contribution < 1.29 is 5.11 Å². The van der Waals surface area contributed by atoms with Crippen molar-refractivity contribution >= 4 is 23.9 Å². The van der Waals surface area contributed by atoms with Crippen LogP contribution in [0.3, 0.4) is 0 Å². The van der Waals surface area contributed by atoms with Crippen LogP contribution < -0.4 is 5.32 Å². The van der Waals surface area contributed by atoms with Crippen LogP contribution >= 0.6 is 12.2 Å². The summed E-state index contributed by atoms with van der Waals surface area (Å²) in [5, 5.41) is 16.9. The summed E-state index contributed by atoms with van der Waals surface area (Å²) in [7, 11) is 0. The third-order valence-corrected chi connectivity index (χ3v) is 3.41. The van der Waals surface area contributed by atoms with Crippen LogP contribution in [0.2, 0.25) is 0 Å². The quantitative estimate of drug-likeness (QED) is 0.727. The Morgan fingerprint density at radius 3 is 2.24 bits per heavy atom. The van der Waals surface area contributed by atoms with Gasteiger partial charge in [-0.3, -0.25) is 4.57 Å². The first-order valence-corrected chi connectivity index (χ1v) is 6.88. The Morgan fingerprint density at radius 1 is 1.00 bits per heavy atom. The molecule has 0 saturated heterocycles. The fourth-order valence-corrected chi connectivity index (χ4v) is 2.33. The Kier molecular flexibility index (Phi) is 3.81. The number of nitrogens with zero attached hydrogens (tertiary/aromatic N) is 3. The van der Waals surface area contributed by atoms with E-state index in [1.54, 1.807) is 4.57 Å². The van der Waals surface area contributed by atoms with E-state index in [2.05, 4.69) is 10.4 Å². The van der Waals surface area contributed by atoms with Gasteiger partial charge < -0.3 is 10.4 Å². The van der Waals surface area contributed by atoms with E-state index in [0.29, 0.717) is 10.7 Å². The third-order valence-electron chi connectivity index (χ3n) is 3.02. The Morgan fingerprint density at radius 2 is 1.62 bits per heavy atom. The lowest BCUT2D eigenvalue weighted by molar-refractivity contribution is 0.193. The molecule has 0 bridgehead atoms. The van der Waals surface area contributed by atoms with Crippen LogP contribution in [-0.4, -0.2) is 19.5 Å². The average molecular weight is 298 g/mol. The SMILES string of the molecule is OCn1nc(Nc2ccccc2)n(-c2ccccc2)c1=S. The summed E-state index contributed by atoms with van der Waals surface area (Å²) in [5.41, 5.74) is 1.79. The Hall–Kier alpha value is -2.44. The largest absolute Gasteiger partial charge is 0.374 e. The van der Waals surface area contributed by atoms with Gasteiger partial charge in [-0.1, -0.05) is 36.4 Å². The van der Waals surface area contributed by atoms with Crippen molar-refractivity contribution in [2.24, 2.45) is 0 Å². The second kappa shape index (κ2) is 5.90. The van der Waals surface area contributed by atoms with Gasteiger partial charge in [-0.25, -0.2) is 4.68 Å². The molecule has 3 aromatic rings. The highest BCUT2D eigenvalue weighted by Gasteiger charge is 2.11. The molecule has 0 aliphatic carbocycles. The maximum Gasteiger partial charge on any atom is 0.232 e. The minimum absolute atomic E-state index is 0.262. The van der Waals surface area contributed by atoms with Crippen LogP contribution in [0.25, 0.3) is 5.69 Å². The monoisotopic (exact) mass is 298 g/mol. The number of anilines is 2. The second-order valence-electron chi connectivity index (χ2n) is 4.41. The van der Waals surface area contributed by atoms with E-state index in [1.165, 1.54) is 4.68 Å². The number of rotatable bonds is 4. The molecule has 6 heteroatoms. The van der Waals surface area contributed by atoms with E-state index in [4.69, 9.17) is 12.2 Å². The topological polar surface area (TPSA) is 55.0 Å². The number of hydrogen-bond donors (Lipinski definition) is 2. The molecule has 106 valence electrons. The van der Waals surface area contributed by atoms with Gasteiger partial charge in [0.05, 0.1) is 5.69 Å². The molecule has 0 saturated carbocycles. The highest BCUT2D eigenvalue weighted by atomic mass is 32.1. The molecule has 0 fully saturated rings. The molecule has 0 aliphatic heterocycles. The van der Waals surface area contributed by atoms with E-state index in [-0.39, 0.29) is 6.73 Å². The number of benzene rings is 2. The van der Waals surface area contributed by atoms with Crippen molar-refractivity contribution in [3.63, 3.8) is 0 Å². The third kappa shape index (κ3) is 2.72. The maximum atomic E-state index is 9.36. The Labute approximate surface area is 127 Å². The molecular formula is C15H14N4OS. The van der Waals surface area contributed by atoms with E-state index < -0.39 is 0 Å². The molecule has 2 aromatic carbocycles. The first-order chi connectivity index (χ1) is 10.3. The van der Waals surface area contributed by atoms with Crippen LogP contribution in [0, 0.1) is 4.77 Å². The van der Waals surface area contributed by atoms with E-state index in [0.717, 1.165) is 11.4 Å². The lowest BCUT2D eigenvalue weighted by Gasteiger charge is -2.08. The van der Waals surface area contributed by atoms with Gasteiger partial charge in [0.15, 0.2) is 0 Å². The molecule has 0 atom stereocenters. The summed E-state index contributed by atoms with van der Waals surface area (Å²) in [6.07, 6.45) is 0. The van der Waals surface area contributed by atoms with Crippen molar-refractivity contribution in [2.75, 3.05) is 5.32 Å². The zero-order chi connectivity index (χ0) is 14.7. The molecule has 0 spiro atoms. The molecule has 1 heterocycles. The van der Waals surface area contributed by atoms with Crippen molar-refractivity contribution in [2.45, 2.75) is 6.73 Å². The normalized spacial score (nSPS) is 10.5. The average Bonchev–Trinajstić information content (AvgIpc) is 2.85. The van der Waals surface area contributed by atoms with Crippen LogP contribution in [0.15, 0.2) is 60.7 Å². The predicted molar refractivity (Wildman–Crippen MR) is 84.3 cm³/mol. The number of aromatic nitrogens is 3. The summed E-state index contributed by atoms with van der Waals surface area (Å²) in [6, 6.07) is 19.4. The van der Waals surface area contributed by atoms with Gasteiger partial charge in [0, 0.05) is 5.69 Å². The van der Waals surface area contributed by atoms with Crippen molar-refractivity contribution in [3.8, 4) is 5.69 Å². The second-order valence-corrected chi connectivity index (χ2v) is 4.77. The number of aliphatic hydroxyl groups is 1. The minimum Gasteiger partial charge on any atom is -0.374 e. The van der Waals surface area contributed by atoms with Gasteiger partial charge in [0.2, 0.25) is 10.7 Å². The lowest BCUT2D eigenvalue weighted by atomic mass is 10.3.